The summed E-state index contributed by atoms with van der Waals surface area (Å²) in [5.41, 5.74) is 10.1. The molecule has 240 valence electrons. The Balaban J connectivity index is 1.73. The van der Waals surface area contributed by atoms with E-state index in [0.29, 0.717) is 51.8 Å². The lowest BCUT2D eigenvalue weighted by atomic mass is 9.85. The third kappa shape index (κ3) is 4.69. The Bertz CT molecular complexity index is 2000. The molecule has 0 saturated carbocycles. The lowest BCUT2D eigenvalue weighted by molar-refractivity contribution is -0.142. The number of rotatable bonds is 7. The van der Waals surface area contributed by atoms with Gasteiger partial charge in [0, 0.05) is 68.8 Å². The Morgan fingerprint density at radius 3 is 2.24 bits per heavy atom. The lowest BCUT2D eigenvalue weighted by Gasteiger charge is -2.19. The van der Waals surface area contributed by atoms with E-state index in [4.69, 9.17) is 9.47 Å². The topological polar surface area (TPSA) is 146 Å². The van der Waals surface area contributed by atoms with E-state index >= 15 is 0 Å². The fourth-order valence-corrected chi connectivity index (χ4v) is 7.55. The van der Waals surface area contributed by atoms with Gasteiger partial charge in [0.25, 0.3) is 0 Å². The highest BCUT2D eigenvalue weighted by Gasteiger charge is 2.48. The van der Waals surface area contributed by atoms with Crippen LogP contribution in [-0.2, 0) is 31.9 Å². The second-order valence-corrected chi connectivity index (χ2v) is 12.3. The molecule has 1 saturated heterocycles. The van der Waals surface area contributed by atoms with Crippen molar-refractivity contribution in [1.82, 2.24) is 20.3 Å². The summed E-state index contributed by atoms with van der Waals surface area (Å²) in [4.78, 5) is 62.7. The molecule has 1 aliphatic carbocycles. The van der Waals surface area contributed by atoms with E-state index in [-0.39, 0.29) is 30.0 Å². The fourth-order valence-electron chi connectivity index (χ4n) is 7.55. The van der Waals surface area contributed by atoms with Gasteiger partial charge in [0.2, 0.25) is 0 Å². The van der Waals surface area contributed by atoms with Gasteiger partial charge in [-0.2, -0.15) is 0 Å². The van der Waals surface area contributed by atoms with Crippen LogP contribution in [-0.4, -0.2) is 53.2 Å². The van der Waals surface area contributed by atoms with E-state index in [1.165, 1.54) is 14.2 Å². The van der Waals surface area contributed by atoms with E-state index in [2.05, 4.69) is 47.1 Å². The summed E-state index contributed by atoms with van der Waals surface area (Å²) < 4.78 is 10.1. The largest absolute Gasteiger partial charge is 0.469 e. The highest BCUT2D eigenvalue weighted by atomic mass is 16.5. The molecule has 3 aliphatic rings. The van der Waals surface area contributed by atoms with Crippen molar-refractivity contribution in [2.45, 2.75) is 60.3 Å². The molecule has 0 unspecified atom stereocenters. The molecule has 3 atom stereocenters. The number of esters is 2. The number of carbonyl (C=O) groups excluding carboxylic acids is 4. The Morgan fingerprint density at radius 2 is 1.59 bits per heavy atom. The maximum absolute atomic E-state index is 14.1. The van der Waals surface area contributed by atoms with E-state index < -0.39 is 11.9 Å². The van der Waals surface area contributed by atoms with Gasteiger partial charge in [0.1, 0.15) is 5.92 Å². The second-order valence-electron chi connectivity index (χ2n) is 12.3. The molecule has 0 aromatic carbocycles. The number of ether oxygens (including phenoxy) is 2. The van der Waals surface area contributed by atoms with Crippen LogP contribution in [0.1, 0.15) is 99.4 Å². The molecule has 1 fully saturated rings. The monoisotopic (exact) mass is 624 g/mol. The molecule has 10 heteroatoms. The zero-order valence-corrected chi connectivity index (χ0v) is 27.3. The second kappa shape index (κ2) is 11.8. The third-order valence-electron chi connectivity index (χ3n) is 10.1. The third-order valence-corrected chi connectivity index (χ3v) is 10.1. The predicted octanol–water partition coefficient (Wildman–Crippen LogP) is 3.74. The Kier molecular flexibility index (Phi) is 8.00. The zero-order valence-electron chi connectivity index (χ0n) is 27.3. The Morgan fingerprint density at radius 1 is 0.891 bits per heavy atom. The van der Waals surface area contributed by atoms with Crippen LogP contribution < -0.4 is 16.0 Å². The molecule has 3 aromatic rings. The molecule has 0 spiro atoms. The van der Waals surface area contributed by atoms with Gasteiger partial charge in [0.15, 0.2) is 12.1 Å². The van der Waals surface area contributed by atoms with Crippen LogP contribution in [0.15, 0.2) is 11.4 Å². The van der Waals surface area contributed by atoms with Crippen LogP contribution >= 0.6 is 0 Å². The molecule has 6 rings (SSSR count). The first kappa shape index (κ1) is 31.1. The van der Waals surface area contributed by atoms with Crippen molar-refractivity contribution >= 4 is 47.8 Å². The van der Waals surface area contributed by atoms with Crippen LogP contribution in [0.4, 0.5) is 0 Å². The van der Waals surface area contributed by atoms with Crippen molar-refractivity contribution in [1.29, 1.82) is 0 Å². The molecular formula is C36H40N4O6. The van der Waals surface area contributed by atoms with Crippen LogP contribution in [0, 0.1) is 31.6 Å². The molecule has 2 aliphatic heterocycles. The standard InChI is InChI=1S/C36H40N4O6/c1-8-19-16(3)23-12-24-17(4)21(10-11-29(42)45-6)33(39-24)31-32(36(44)46-7)35(43)30-18(5)25(40-34(30)31)13-27-20(9-2)22(15-41)28(38-27)14-26(19)37-23/h12-15,17,21,32,37-40H,8-11H2,1-7H3/b24-12-,27-13-,28-14-,33-31-/t17-,21-,32+/m0/s1. The quantitative estimate of drug-likeness (QED) is 0.178. The lowest BCUT2D eigenvalue weighted by Crippen LogP contribution is -2.25. The minimum atomic E-state index is -1.15. The average molecular weight is 625 g/mol. The van der Waals surface area contributed by atoms with Crippen molar-refractivity contribution in [3.63, 3.8) is 0 Å². The number of aldehydes is 1. The SMILES string of the molecule is CCc1c2[nH]c(c1C)/C=C1\N/C(=C3\c4[nH]c(c(C)c4C(=O)[C@@H]3C(=O)OC)/C=c3\[nH]/c(c(C=O)c3CC)=C\2)[C@@H](CCC(=O)OC)[C@@H]1C. The number of ketones is 1. The summed E-state index contributed by atoms with van der Waals surface area (Å²) in [6, 6.07) is 0. The van der Waals surface area contributed by atoms with E-state index in [9.17, 15) is 19.2 Å². The first-order valence-electron chi connectivity index (χ1n) is 15.8. The molecule has 8 bridgehead atoms. The van der Waals surface area contributed by atoms with Crippen LogP contribution in [0.25, 0.3) is 23.8 Å². The van der Waals surface area contributed by atoms with Gasteiger partial charge in [-0.05, 0) is 73.6 Å². The van der Waals surface area contributed by atoms with E-state index in [0.717, 1.165) is 57.5 Å². The molecular weight excluding hydrogens is 584 g/mol. The highest BCUT2D eigenvalue weighted by molar-refractivity contribution is 6.24. The number of hydrogen-bond donors (Lipinski definition) is 4. The average Bonchev–Trinajstić information content (AvgIpc) is 3.79. The number of methoxy groups -OCH3 is 2. The fraction of sp³-hybridized carbons (Fsp3) is 0.389. The van der Waals surface area contributed by atoms with Gasteiger partial charge < -0.3 is 29.7 Å². The van der Waals surface area contributed by atoms with Crippen molar-refractivity contribution < 1.29 is 28.7 Å². The summed E-state index contributed by atoms with van der Waals surface area (Å²) in [7, 11) is 2.65. The number of H-pyrrole nitrogens is 3. The number of carbonyl (C=O) groups is 4. The van der Waals surface area contributed by atoms with E-state index in [1.807, 2.05) is 26.0 Å². The van der Waals surface area contributed by atoms with Crippen molar-refractivity contribution in [2.24, 2.45) is 17.8 Å². The maximum Gasteiger partial charge on any atom is 0.321 e. The first-order chi connectivity index (χ1) is 22.1. The summed E-state index contributed by atoms with van der Waals surface area (Å²) in [6.07, 6.45) is 8.93. The molecule has 5 heterocycles. The highest BCUT2D eigenvalue weighted by Crippen LogP contribution is 2.48. The molecule has 46 heavy (non-hydrogen) atoms. The summed E-state index contributed by atoms with van der Waals surface area (Å²) in [6.45, 7) is 10.1. The molecule has 4 N–H and O–H groups in total. The summed E-state index contributed by atoms with van der Waals surface area (Å²) in [5.74, 6) is -2.75. The number of fused-ring (bicyclic) bond motifs is 7. The normalized spacial score (nSPS) is 23.9. The van der Waals surface area contributed by atoms with Crippen LogP contribution in [0.5, 0.6) is 0 Å². The molecule has 3 aromatic heterocycles. The maximum atomic E-state index is 14.1. The van der Waals surface area contributed by atoms with Crippen LogP contribution in [0.2, 0.25) is 0 Å². The van der Waals surface area contributed by atoms with E-state index in [1.54, 1.807) is 0 Å². The number of hydrogen-bond acceptors (Lipinski definition) is 7. The van der Waals surface area contributed by atoms with Crippen molar-refractivity contribution in [2.75, 3.05) is 14.2 Å². The summed E-state index contributed by atoms with van der Waals surface area (Å²) in [5, 5.41) is 5.09. The van der Waals surface area contributed by atoms with Crippen molar-refractivity contribution in [3.8, 4) is 0 Å². The number of aromatic nitrogens is 3. The smallest absolute Gasteiger partial charge is 0.321 e. The minimum Gasteiger partial charge on any atom is -0.469 e. The van der Waals surface area contributed by atoms with Gasteiger partial charge in [-0.1, -0.05) is 20.8 Å². The molecule has 0 amide bonds. The first-order valence-corrected chi connectivity index (χ1v) is 15.8. The number of nitrogens with one attached hydrogen (secondary N) is 4. The predicted molar refractivity (Wildman–Crippen MR) is 174 cm³/mol. The van der Waals surface area contributed by atoms with Gasteiger partial charge in [0.05, 0.1) is 25.3 Å². The van der Waals surface area contributed by atoms with Crippen molar-refractivity contribution in [3.05, 3.63) is 78.2 Å². The zero-order chi connectivity index (χ0) is 33.0. The Hall–Kier alpha value is -4.86. The number of aromatic amines is 3. The summed E-state index contributed by atoms with van der Waals surface area (Å²) >= 11 is 0. The number of allylic oxidation sites excluding steroid dienone is 2. The molecule has 0 radical (unpaired) electrons. The molecule has 10 nitrogen and oxygen atoms in total. The van der Waals surface area contributed by atoms with Gasteiger partial charge in [-0.3, -0.25) is 19.2 Å². The van der Waals surface area contributed by atoms with Gasteiger partial charge >= 0.3 is 11.9 Å². The van der Waals surface area contributed by atoms with Crippen LogP contribution in [0.3, 0.4) is 0 Å². The van der Waals surface area contributed by atoms with Gasteiger partial charge in [-0.15, -0.1) is 0 Å². The minimum absolute atomic E-state index is 0.0816. The van der Waals surface area contributed by atoms with Gasteiger partial charge in [-0.25, -0.2) is 0 Å². The number of Topliss-reactive ketones (excluding diaryl/α,β-unsaturated/α-hetero) is 1. The Labute approximate surface area is 267 Å².